The summed E-state index contributed by atoms with van der Waals surface area (Å²) in [6, 6.07) is 17.3. The van der Waals surface area contributed by atoms with Crippen LogP contribution in [0.5, 0.6) is 5.75 Å². The molecule has 0 fully saturated rings. The van der Waals surface area contributed by atoms with E-state index in [0.29, 0.717) is 22.9 Å². The zero-order valence-corrected chi connectivity index (χ0v) is 17.9. The van der Waals surface area contributed by atoms with Crippen molar-refractivity contribution in [2.24, 2.45) is 0 Å². The molecule has 1 N–H and O–H groups in total. The van der Waals surface area contributed by atoms with Crippen LogP contribution in [0.3, 0.4) is 0 Å². The number of carboxylic acids is 1. The van der Waals surface area contributed by atoms with Gasteiger partial charge in [-0.1, -0.05) is 35.9 Å². The highest BCUT2D eigenvalue weighted by molar-refractivity contribution is 6.30. The summed E-state index contributed by atoms with van der Waals surface area (Å²) < 4.78 is 19.3. The Morgan fingerprint density at radius 3 is 2.52 bits per heavy atom. The molecular formula is C26H22ClFO3. The Morgan fingerprint density at radius 1 is 1.03 bits per heavy atom. The van der Waals surface area contributed by atoms with E-state index < -0.39 is 5.97 Å². The van der Waals surface area contributed by atoms with Gasteiger partial charge < -0.3 is 9.84 Å². The lowest BCUT2D eigenvalue weighted by atomic mass is 9.94. The van der Waals surface area contributed by atoms with Crippen molar-refractivity contribution < 1.29 is 19.0 Å². The standard InChI is InChI=1S/C26H22ClFO3/c1-16-5-8-18(13-23(16)26(29)30)21-3-2-4-22(21)24-14-19(27)9-12-25(24)31-15-17-6-10-20(28)11-7-17/h5-14H,2-4,15H2,1H3,(H,29,30). The number of benzene rings is 3. The molecule has 5 heteroatoms. The molecule has 0 atom stereocenters. The van der Waals surface area contributed by atoms with Gasteiger partial charge in [0.05, 0.1) is 5.56 Å². The second-order valence-corrected chi connectivity index (χ2v) is 8.14. The number of aryl methyl sites for hydroxylation is 1. The smallest absolute Gasteiger partial charge is 0.335 e. The van der Waals surface area contributed by atoms with Crippen molar-refractivity contribution in [3.8, 4) is 5.75 Å². The van der Waals surface area contributed by atoms with Crippen molar-refractivity contribution in [2.45, 2.75) is 32.8 Å². The minimum atomic E-state index is -0.925. The summed E-state index contributed by atoms with van der Waals surface area (Å²) in [7, 11) is 0. The van der Waals surface area contributed by atoms with Crippen LogP contribution in [0.15, 0.2) is 60.7 Å². The summed E-state index contributed by atoms with van der Waals surface area (Å²) in [5.41, 5.74) is 6.00. The maximum atomic E-state index is 13.2. The molecule has 0 amide bonds. The molecule has 0 unspecified atom stereocenters. The molecule has 0 bridgehead atoms. The van der Waals surface area contributed by atoms with Crippen LogP contribution in [-0.4, -0.2) is 11.1 Å². The van der Waals surface area contributed by atoms with E-state index in [1.54, 1.807) is 31.2 Å². The molecule has 0 saturated heterocycles. The van der Waals surface area contributed by atoms with Crippen LogP contribution >= 0.6 is 11.6 Å². The number of aromatic carboxylic acids is 1. The first-order chi connectivity index (χ1) is 14.9. The predicted octanol–water partition coefficient (Wildman–Crippen LogP) is 7.16. The molecule has 3 nitrogen and oxygen atoms in total. The molecule has 31 heavy (non-hydrogen) atoms. The van der Waals surface area contributed by atoms with Gasteiger partial charge in [0.15, 0.2) is 0 Å². The Balaban J connectivity index is 1.72. The van der Waals surface area contributed by atoms with Gasteiger partial charge in [-0.2, -0.15) is 0 Å². The zero-order chi connectivity index (χ0) is 22.0. The second-order valence-electron chi connectivity index (χ2n) is 7.70. The lowest BCUT2D eigenvalue weighted by Crippen LogP contribution is -2.01. The van der Waals surface area contributed by atoms with Crippen molar-refractivity contribution in [1.82, 2.24) is 0 Å². The number of carbonyl (C=O) groups is 1. The Hall–Kier alpha value is -3.11. The van der Waals surface area contributed by atoms with Gasteiger partial charge in [0.2, 0.25) is 0 Å². The first-order valence-electron chi connectivity index (χ1n) is 10.2. The number of carboxylic acid groups (broad SMARTS) is 1. The van der Waals surface area contributed by atoms with Crippen LogP contribution in [0.4, 0.5) is 4.39 Å². The highest BCUT2D eigenvalue weighted by Gasteiger charge is 2.22. The van der Waals surface area contributed by atoms with E-state index in [4.69, 9.17) is 16.3 Å². The summed E-state index contributed by atoms with van der Waals surface area (Å²) in [5, 5.41) is 10.1. The highest BCUT2D eigenvalue weighted by Crippen LogP contribution is 2.44. The van der Waals surface area contributed by atoms with Gasteiger partial charge in [-0.05, 0) is 90.4 Å². The molecule has 0 radical (unpaired) electrons. The van der Waals surface area contributed by atoms with E-state index in [1.165, 1.54) is 12.1 Å². The monoisotopic (exact) mass is 436 g/mol. The third-order valence-corrected chi connectivity index (χ3v) is 5.84. The van der Waals surface area contributed by atoms with Crippen molar-refractivity contribution in [3.05, 3.63) is 99.3 Å². The van der Waals surface area contributed by atoms with Gasteiger partial charge >= 0.3 is 5.97 Å². The lowest BCUT2D eigenvalue weighted by Gasteiger charge is -2.16. The SMILES string of the molecule is Cc1ccc(C2=C(c3cc(Cl)ccc3OCc3ccc(F)cc3)CCC2)cc1C(=O)O. The number of allylic oxidation sites excluding steroid dienone is 2. The minimum absolute atomic E-state index is 0.282. The molecular weight excluding hydrogens is 415 g/mol. The van der Waals surface area contributed by atoms with Crippen LogP contribution in [0.2, 0.25) is 5.02 Å². The topological polar surface area (TPSA) is 46.5 Å². The molecule has 0 heterocycles. The molecule has 158 valence electrons. The molecule has 3 aromatic carbocycles. The van der Waals surface area contributed by atoms with E-state index >= 15 is 0 Å². The summed E-state index contributed by atoms with van der Waals surface area (Å²) >= 11 is 6.31. The molecule has 1 aliphatic carbocycles. The van der Waals surface area contributed by atoms with Crippen LogP contribution in [0, 0.1) is 12.7 Å². The third kappa shape index (κ3) is 4.64. The van der Waals surface area contributed by atoms with Gasteiger partial charge in [-0.15, -0.1) is 0 Å². The minimum Gasteiger partial charge on any atom is -0.488 e. The molecule has 1 aliphatic rings. The average Bonchev–Trinajstić information content (AvgIpc) is 3.24. The van der Waals surface area contributed by atoms with E-state index in [-0.39, 0.29) is 5.82 Å². The number of hydrogen-bond donors (Lipinski definition) is 1. The number of rotatable bonds is 6. The highest BCUT2D eigenvalue weighted by atomic mass is 35.5. The van der Waals surface area contributed by atoms with Crippen molar-refractivity contribution in [2.75, 3.05) is 0 Å². The van der Waals surface area contributed by atoms with Crippen LogP contribution in [0.25, 0.3) is 11.1 Å². The van der Waals surface area contributed by atoms with Crippen molar-refractivity contribution in [3.63, 3.8) is 0 Å². The number of halogens is 2. The maximum Gasteiger partial charge on any atom is 0.335 e. The van der Waals surface area contributed by atoms with Gasteiger partial charge in [-0.3, -0.25) is 0 Å². The Labute approximate surface area is 185 Å². The fraction of sp³-hybridized carbons (Fsp3) is 0.192. The Morgan fingerprint density at radius 2 is 1.77 bits per heavy atom. The molecule has 0 aromatic heterocycles. The van der Waals surface area contributed by atoms with E-state index in [1.807, 2.05) is 24.3 Å². The maximum absolute atomic E-state index is 13.2. The van der Waals surface area contributed by atoms with Gasteiger partial charge in [0, 0.05) is 10.6 Å². The normalized spacial score (nSPS) is 13.5. The quantitative estimate of drug-likeness (QED) is 0.446. The van der Waals surface area contributed by atoms with E-state index in [9.17, 15) is 14.3 Å². The lowest BCUT2D eigenvalue weighted by molar-refractivity contribution is 0.0696. The second kappa shape index (κ2) is 8.94. The van der Waals surface area contributed by atoms with Crippen LogP contribution in [-0.2, 0) is 6.61 Å². The number of ether oxygens (including phenoxy) is 1. The summed E-state index contributed by atoms with van der Waals surface area (Å²) in [6.45, 7) is 2.11. The van der Waals surface area contributed by atoms with Crippen LogP contribution in [0.1, 0.15) is 51.9 Å². The first-order valence-corrected chi connectivity index (χ1v) is 10.5. The predicted molar refractivity (Wildman–Crippen MR) is 121 cm³/mol. The van der Waals surface area contributed by atoms with Crippen molar-refractivity contribution in [1.29, 1.82) is 0 Å². The average molecular weight is 437 g/mol. The van der Waals surface area contributed by atoms with Gasteiger partial charge in [0.1, 0.15) is 18.2 Å². The molecule has 0 aliphatic heterocycles. The number of hydrogen-bond acceptors (Lipinski definition) is 2. The first kappa shape index (κ1) is 21.1. The largest absolute Gasteiger partial charge is 0.488 e. The Kier molecular flexibility index (Phi) is 6.10. The summed E-state index contributed by atoms with van der Waals surface area (Å²) in [6.07, 6.45) is 2.70. The van der Waals surface area contributed by atoms with Crippen LogP contribution < -0.4 is 4.74 Å². The third-order valence-electron chi connectivity index (χ3n) is 5.61. The summed E-state index contributed by atoms with van der Waals surface area (Å²) in [4.78, 5) is 11.6. The van der Waals surface area contributed by atoms with E-state index in [0.717, 1.165) is 52.7 Å². The fourth-order valence-corrected chi connectivity index (χ4v) is 4.18. The van der Waals surface area contributed by atoms with E-state index in [2.05, 4.69) is 0 Å². The molecule has 0 spiro atoms. The molecule has 3 aromatic rings. The Bertz CT molecular complexity index is 1170. The summed E-state index contributed by atoms with van der Waals surface area (Å²) in [5.74, 6) is -0.505. The fourth-order valence-electron chi connectivity index (χ4n) is 4.01. The van der Waals surface area contributed by atoms with Crippen molar-refractivity contribution >= 4 is 28.7 Å². The molecule has 0 saturated carbocycles. The molecule has 4 rings (SSSR count). The van der Waals surface area contributed by atoms with Gasteiger partial charge in [0.25, 0.3) is 0 Å². The zero-order valence-electron chi connectivity index (χ0n) is 17.1. The van der Waals surface area contributed by atoms with Gasteiger partial charge in [-0.25, -0.2) is 9.18 Å².